The van der Waals surface area contributed by atoms with E-state index in [1.54, 1.807) is 55.6 Å². The van der Waals surface area contributed by atoms with Crippen molar-refractivity contribution in [3.05, 3.63) is 53.6 Å². The van der Waals surface area contributed by atoms with Crippen molar-refractivity contribution >= 4 is 35.0 Å². The van der Waals surface area contributed by atoms with Crippen molar-refractivity contribution in [1.29, 1.82) is 0 Å². The van der Waals surface area contributed by atoms with Gasteiger partial charge in [0.15, 0.2) is 6.61 Å². The molecule has 146 valence electrons. The Hall–Kier alpha value is -3.10. The summed E-state index contributed by atoms with van der Waals surface area (Å²) in [6, 6.07) is 12.3. The van der Waals surface area contributed by atoms with Crippen molar-refractivity contribution in [3.8, 4) is 11.5 Å². The molecule has 2 N–H and O–H groups in total. The molecule has 0 radical (unpaired) electrons. The predicted molar refractivity (Wildman–Crippen MR) is 102 cm³/mol. The van der Waals surface area contributed by atoms with Gasteiger partial charge in [0.1, 0.15) is 17.5 Å². The average Bonchev–Trinajstić information content (AvgIpc) is 2.99. The molecule has 0 saturated carbocycles. The summed E-state index contributed by atoms with van der Waals surface area (Å²) >= 11 is 5.83. The number of benzene rings is 2. The SMILES string of the molecule is COc1ccc(OCC(=O)NNC2CC(=O)N(c3ccc(Cl)cc3)C2=O)cc1. The third-order valence-corrected chi connectivity index (χ3v) is 4.30. The van der Waals surface area contributed by atoms with Crippen molar-refractivity contribution < 1.29 is 23.9 Å². The van der Waals surface area contributed by atoms with E-state index < -0.39 is 17.9 Å². The van der Waals surface area contributed by atoms with Gasteiger partial charge >= 0.3 is 0 Å². The van der Waals surface area contributed by atoms with E-state index in [9.17, 15) is 14.4 Å². The van der Waals surface area contributed by atoms with Crippen molar-refractivity contribution in [2.24, 2.45) is 0 Å². The molecule has 9 heteroatoms. The number of ether oxygens (including phenoxy) is 2. The number of methoxy groups -OCH3 is 1. The standard InChI is InChI=1S/C19H18ClN3O5/c1-27-14-6-8-15(9-7-14)28-11-17(24)22-21-16-10-18(25)23(19(16)26)13-4-2-12(20)3-5-13/h2-9,16,21H,10-11H2,1H3,(H,22,24). The molecule has 2 aromatic carbocycles. The summed E-state index contributed by atoms with van der Waals surface area (Å²) in [5, 5.41) is 0.502. The molecule has 1 atom stereocenters. The smallest absolute Gasteiger partial charge is 0.272 e. The number of amides is 3. The third-order valence-electron chi connectivity index (χ3n) is 4.05. The average molecular weight is 404 g/mol. The second-order valence-electron chi connectivity index (χ2n) is 5.96. The highest BCUT2D eigenvalue weighted by Crippen LogP contribution is 2.24. The molecule has 1 saturated heterocycles. The van der Waals surface area contributed by atoms with Gasteiger partial charge in [0.05, 0.1) is 19.2 Å². The van der Waals surface area contributed by atoms with E-state index in [-0.39, 0.29) is 18.9 Å². The maximum atomic E-state index is 12.5. The number of nitrogens with one attached hydrogen (secondary N) is 2. The quantitative estimate of drug-likeness (QED) is 0.539. The van der Waals surface area contributed by atoms with Crippen LogP contribution in [0.3, 0.4) is 0 Å². The van der Waals surface area contributed by atoms with Crippen LogP contribution in [0.2, 0.25) is 5.02 Å². The van der Waals surface area contributed by atoms with Gasteiger partial charge in [0.25, 0.3) is 11.8 Å². The minimum Gasteiger partial charge on any atom is -0.497 e. The Labute approximate surface area is 166 Å². The van der Waals surface area contributed by atoms with E-state index >= 15 is 0 Å². The first-order valence-corrected chi connectivity index (χ1v) is 8.79. The molecule has 0 bridgehead atoms. The minimum atomic E-state index is -0.854. The molecule has 0 aromatic heterocycles. The summed E-state index contributed by atoms with van der Waals surface area (Å²) in [6.45, 7) is -0.255. The van der Waals surface area contributed by atoms with Crippen molar-refractivity contribution in [1.82, 2.24) is 10.9 Å². The molecular formula is C19H18ClN3O5. The number of carbonyl (C=O) groups is 3. The van der Waals surface area contributed by atoms with E-state index in [4.69, 9.17) is 21.1 Å². The van der Waals surface area contributed by atoms with Gasteiger partial charge in [-0.3, -0.25) is 19.8 Å². The highest BCUT2D eigenvalue weighted by Gasteiger charge is 2.39. The van der Waals surface area contributed by atoms with Crippen molar-refractivity contribution in [2.75, 3.05) is 18.6 Å². The Morgan fingerprint density at radius 1 is 1.11 bits per heavy atom. The molecule has 0 spiro atoms. The normalized spacial score (nSPS) is 16.2. The summed E-state index contributed by atoms with van der Waals surface area (Å²) in [6.07, 6.45) is -0.0684. The molecule has 1 unspecified atom stereocenters. The van der Waals surface area contributed by atoms with Crippen LogP contribution in [0, 0.1) is 0 Å². The zero-order valence-electron chi connectivity index (χ0n) is 15.0. The lowest BCUT2D eigenvalue weighted by Crippen LogP contribution is -2.49. The molecule has 1 aliphatic heterocycles. The van der Waals surface area contributed by atoms with E-state index in [1.807, 2.05) is 0 Å². The highest BCUT2D eigenvalue weighted by atomic mass is 35.5. The third kappa shape index (κ3) is 4.59. The van der Waals surface area contributed by atoms with Gasteiger partial charge in [-0.25, -0.2) is 10.3 Å². The molecule has 28 heavy (non-hydrogen) atoms. The Balaban J connectivity index is 1.50. The van der Waals surface area contributed by atoms with E-state index in [0.717, 1.165) is 4.90 Å². The van der Waals surface area contributed by atoms with Crippen LogP contribution in [0.1, 0.15) is 6.42 Å². The first kappa shape index (κ1) is 19.7. The number of nitrogens with zero attached hydrogens (tertiary/aromatic N) is 1. The fourth-order valence-corrected chi connectivity index (χ4v) is 2.76. The number of imide groups is 1. The number of hydrazine groups is 1. The zero-order valence-corrected chi connectivity index (χ0v) is 15.7. The molecule has 2 aromatic rings. The zero-order chi connectivity index (χ0) is 20.1. The molecular weight excluding hydrogens is 386 g/mol. The van der Waals surface area contributed by atoms with Crippen LogP contribution in [0.4, 0.5) is 5.69 Å². The summed E-state index contributed by atoms with van der Waals surface area (Å²) < 4.78 is 10.4. The molecule has 1 fully saturated rings. The van der Waals surface area contributed by atoms with E-state index in [0.29, 0.717) is 22.2 Å². The van der Waals surface area contributed by atoms with Crippen LogP contribution in [-0.2, 0) is 14.4 Å². The van der Waals surface area contributed by atoms with Gasteiger partial charge < -0.3 is 9.47 Å². The van der Waals surface area contributed by atoms with Gasteiger partial charge in [-0.1, -0.05) is 11.6 Å². The Kier molecular flexibility index (Phi) is 6.13. The maximum absolute atomic E-state index is 12.5. The monoisotopic (exact) mass is 403 g/mol. The molecule has 0 aliphatic carbocycles. The van der Waals surface area contributed by atoms with Gasteiger partial charge in [0.2, 0.25) is 5.91 Å². The molecule has 1 heterocycles. The van der Waals surface area contributed by atoms with Gasteiger partial charge in [-0.2, -0.15) is 0 Å². The lowest BCUT2D eigenvalue weighted by molar-refractivity contribution is -0.125. The second kappa shape index (κ2) is 8.73. The highest BCUT2D eigenvalue weighted by molar-refractivity contribution is 6.30. The van der Waals surface area contributed by atoms with Gasteiger partial charge in [-0.15, -0.1) is 0 Å². The number of carbonyl (C=O) groups excluding carboxylic acids is 3. The molecule has 3 rings (SSSR count). The van der Waals surface area contributed by atoms with Crippen molar-refractivity contribution in [2.45, 2.75) is 12.5 Å². The predicted octanol–water partition coefficient (Wildman–Crippen LogP) is 1.68. The Bertz CT molecular complexity index is 870. The first-order valence-electron chi connectivity index (χ1n) is 8.41. The van der Waals surface area contributed by atoms with Crippen LogP contribution in [0.5, 0.6) is 11.5 Å². The number of halogens is 1. The number of hydrogen-bond acceptors (Lipinski definition) is 6. The number of hydrogen-bond donors (Lipinski definition) is 2. The topological polar surface area (TPSA) is 97.0 Å². The Morgan fingerprint density at radius 3 is 2.39 bits per heavy atom. The summed E-state index contributed by atoms with van der Waals surface area (Å²) in [5.41, 5.74) is 5.41. The molecule has 8 nitrogen and oxygen atoms in total. The minimum absolute atomic E-state index is 0.0684. The lowest BCUT2D eigenvalue weighted by Gasteiger charge is -2.16. The van der Waals surface area contributed by atoms with E-state index in [2.05, 4.69) is 10.9 Å². The van der Waals surface area contributed by atoms with E-state index in [1.165, 1.54) is 0 Å². The second-order valence-corrected chi connectivity index (χ2v) is 6.39. The van der Waals surface area contributed by atoms with Crippen LogP contribution < -0.4 is 25.2 Å². The van der Waals surface area contributed by atoms with Crippen molar-refractivity contribution in [3.63, 3.8) is 0 Å². The van der Waals surface area contributed by atoms with Gasteiger partial charge in [0, 0.05) is 5.02 Å². The summed E-state index contributed by atoms with van der Waals surface area (Å²) in [5.74, 6) is -0.136. The fraction of sp³-hybridized carbons (Fsp3) is 0.211. The largest absolute Gasteiger partial charge is 0.497 e. The van der Waals surface area contributed by atoms with Crippen LogP contribution in [-0.4, -0.2) is 37.5 Å². The first-order chi connectivity index (χ1) is 13.5. The fourth-order valence-electron chi connectivity index (χ4n) is 2.63. The van der Waals surface area contributed by atoms with Crippen LogP contribution in [0.15, 0.2) is 48.5 Å². The molecule has 3 amide bonds. The maximum Gasteiger partial charge on any atom is 0.272 e. The number of rotatable bonds is 7. The Morgan fingerprint density at radius 2 is 1.75 bits per heavy atom. The summed E-state index contributed by atoms with van der Waals surface area (Å²) in [7, 11) is 1.55. The van der Waals surface area contributed by atoms with Crippen LogP contribution in [0.25, 0.3) is 0 Å². The molecule has 1 aliphatic rings. The van der Waals surface area contributed by atoms with Crippen LogP contribution >= 0.6 is 11.6 Å². The van der Waals surface area contributed by atoms with Gasteiger partial charge in [-0.05, 0) is 48.5 Å². The number of anilines is 1. The lowest BCUT2D eigenvalue weighted by atomic mass is 10.2. The summed E-state index contributed by atoms with van der Waals surface area (Å²) in [4.78, 5) is 37.6.